The summed E-state index contributed by atoms with van der Waals surface area (Å²) < 4.78 is 18.6. The summed E-state index contributed by atoms with van der Waals surface area (Å²) in [6, 6.07) is 17.8. The van der Waals surface area contributed by atoms with Crippen LogP contribution >= 0.6 is 0 Å². The molecule has 4 rings (SSSR count). The minimum Gasteiger partial charge on any atom is -0.453 e. The Labute approximate surface area is 323 Å². The second-order valence-electron chi connectivity index (χ2n) is 15.3. The van der Waals surface area contributed by atoms with Gasteiger partial charge in [-0.2, -0.15) is 0 Å². The monoisotopic (exact) mass is 761 g/mol. The molecule has 55 heavy (non-hydrogen) atoms. The average Bonchev–Trinajstić information content (AvgIpc) is 3.49. The van der Waals surface area contributed by atoms with Gasteiger partial charge in [0.05, 0.1) is 31.5 Å². The molecule has 4 N–H and O–H groups in total. The number of carbonyl (C=O) groups excluding carboxylic acids is 4. The highest BCUT2D eigenvalue weighted by molar-refractivity contribution is 5.88. The molecular weight excluding hydrogens is 705 g/mol. The molecule has 0 unspecified atom stereocenters. The summed E-state index contributed by atoms with van der Waals surface area (Å²) >= 11 is 0. The summed E-state index contributed by atoms with van der Waals surface area (Å²) in [5.41, 5.74) is 5.22. The molecule has 1 saturated heterocycles. The van der Waals surface area contributed by atoms with Gasteiger partial charge < -0.3 is 30.3 Å². The number of pyridine rings is 1. The van der Waals surface area contributed by atoms with Crippen LogP contribution in [0.15, 0.2) is 72.8 Å². The number of aliphatic hydroxyl groups excluding tert-OH is 1. The zero-order valence-electron chi connectivity index (χ0n) is 32.9. The van der Waals surface area contributed by atoms with Crippen molar-refractivity contribution in [3.8, 4) is 0 Å². The largest absolute Gasteiger partial charge is 0.453 e. The van der Waals surface area contributed by atoms with E-state index < -0.39 is 53.4 Å². The highest BCUT2D eigenvalue weighted by Crippen LogP contribution is 2.24. The van der Waals surface area contributed by atoms with E-state index in [9.17, 15) is 28.7 Å². The van der Waals surface area contributed by atoms with E-state index in [1.165, 1.54) is 24.3 Å². The number of ether oxygens (including phenoxy) is 1. The first-order chi connectivity index (χ1) is 26.1. The van der Waals surface area contributed by atoms with Gasteiger partial charge in [-0.25, -0.2) is 19.0 Å². The minimum absolute atomic E-state index is 0.0631. The highest BCUT2D eigenvalue weighted by atomic mass is 19.1. The first-order valence-corrected chi connectivity index (χ1v) is 18.7. The highest BCUT2D eigenvalue weighted by Gasteiger charge is 2.41. The number of aromatic nitrogens is 1. The predicted molar refractivity (Wildman–Crippen MR) is 207 cm³/mol. The Morgan fingerprint density at radius 2 is 1.65 bits per heavy atom. The number of amides is 5. The Morgan fingerprint density at radius 3 is 2.27 bits per heavy atom. The van der Waals surface area contributed by atoms with Crippen molar-refractivity contribution in [1.29, 1.82) is 0 Å². The van der Waals surface area contributed by atoms with Crippen molar-refractivity contribution >= 4 is 23.9 Å². The number of methoxy groups -OCH3 is 1. The van der Waals surface area contributed by atoms with E-state index >= 15 is 0 Å². The van der Waals surface area contributed by atoms with Crippen LogP contribution in [0.5, 0.6) is 0 Å². The predicted octanol–water partition coefficient (Wildman–Crippen LogP) is 4.57. The van der Waals surface area contributed by atoms with Gasteiger partial charge in [0.2, 0.25) is 5.91 Å². The Kier molecular flexibility index (Phi) is 15.1. The van der Waals surface area contributed by atoms with Crippen LogP contribution < -0.4 is 16.1 Å². The van der Waals surface area contributed by atoms with E-state index in [1.54, 1.807) is 42.7 Å². The van der Waals surface area contributed by atoms with Crippen molar-refractivity contribution in [2.24, 2.45) is 11.3 Å². The van der Waals surface area contributed by atoms with E-state index in [0.29, 0.717) is 31.6 Å². The SMILES string of the molecule is CC[C@H](C)[C@@H](C(=O)N[C@@H](Cc1ccccc1)[C@@H](O)CN(Cc1ccc(F)cc1)NC(=O)[C@@H](NC(=O)OC)C(C)(C)C)N1CCN(Cc2cccc(C)n2)C1=O. The molecule has 5 amide bonds. The number of hydrogen-bond acceptors (Lipinski definition) is 8. The maximum Gasteiger partial charge on any atom is 0.407 e. The Hall–Kier alpha value is -5.08. The molecule has 2 aromatic carbocycles. The summed E-state index contributed by atoms with van der Waals surface area (Å²) in [7, 11) is 1.20. The molecule has 2 heterocycles. The second kappa shape index (κ2) is 19.5. The molecular formula is C41H56FN7O6. The molecule has 1 aromatic heterocycles. The number of alkyl carbamates (subject to hydrolysis) is 1. The molecule has 0 radical (unpaired) electrons. The van der Waals surface area contributed by atoms with Crippen LogP contribution in [0.25, 0.3) is 0 Å². The first-order valence-electron chi connectivity index (χ1n) is 18.7. The third-order valence-corrected chi connectivity index (χ3v) is 9.84. The van der Waals surface area contributed by atoms with Crippen molar-refractivity contribution < 1.29 is 33.4 Å². The molecule has 3 aromatic rings. The lowest BCUT2D eigenvalue weighted by molar-refractivity contribution is -0.132. The van der Waals surface area contributed by atoms with Crippen molar-refractivity contribution in [2.45, 2.75) is 91.7 Å². The molecule has 1 aliphatic heterocycles. The van der Waals surface area contributed by atoms with Crippen LogP contribution in [0.1, 0.15) is 63.6 Å². The zero-order chi connectivity index (χ0) is 40.3. The lowest BCUT2D eigenvalue weighted by Crippen LogP contribution is -2.60. The van der Waals surface area contributed by atoms with E-state index in [1.807, 2.05) is 69.3 Å². The lowest BCUT2D eigenvalue weighted by Gasteiger charge is -2.36. The number of benzene rings is 2. The van der Waals surface area contributed by atoms with Crippen molar-refractivity contribution in [1.82, 2.24) is 35.9 Å². The Balaban J connectivity index is 1.60. The molecule has 1 aliphatic rings. The molecule has 1 fully saturated rings. The number of aliphatic hydroxyl groups is 1. The van der Waals surface area contributed by atoms with Gasteiger partial charge in [-0.15, -0.1) is 0 Å². The smallest absolute Gasteiger partial charge is 0.407 e. The van der Waals surface area contributed by atoms with Gasteiger partial charge in [0.1, 0.15) is 17.9 Å². The summed E-state index contributed by atoms with van der Waals surface area (Å²) in [4.78, 5) is 62.0. The van der Waals surface area contributed by atoms with Gasteiger partial charge in [0, 0.05) is 31.9 Å². The summed E-state index contributed by atoms with van der Waals surface area (Å²) in [6.07, 6.45) is -1.16. The van der Waals surface area contributed by atoms with Crippen LogP contribution in [0.4, 0.5) is 14.0 Å². The van der Waals surface area contributed by atoms with Gasteiger partial charge in [-0.05, 0) is 60.1 Å². The van der Waals surface area contributed by atoms with Gasteiger partial charge in [0.25, 0.3) is 5.91 Å². The summed E-state index contributed by atoms with van der Waals surface area (Å²) in [5, 5.41) is 19.1. The molecule has 0 spiro atoms. The fraction of sp³-hybridized carbons (Fsp3) is 0.488. The van der Waals surface area contributed by atoms with Crippen LogP contribution in [0.3, 0.4) is 0 Å². The van der Waals surface area contributed by atoms with Crippen LogP contribution in [0.2, 0.25) is 0 Å². The Bertz CT molecular complexity index is 1740. The van der Waals surface area contributed by atoms with Crippen LogP contribution in [0, 0.1) is 24.1 Å². The molecule has 14 heteroatoms. The molecule has 5 atom stereocenters. The number of nitrogens with one attached hydrogen (secondary N) is 3. The molecule has 13 nitrogen and oxygen atoms in total. The van der Waals surface area contributed by atoms with Crippen LogP contribution in [-0.4, -0.2) is 99.8 Å². The average molecular weight is 762 g/mol. The number of nitrogens with zero attached hydrogens (tertiary/aromatic N) is 4. The van der Waals surface area contributed by atoms with E-state index in [4.69, 9.17) is 4.74 Å². The summed E-state index contributed by atoms with van der Waals surface area (Å²) in [5.74, 6) is -1.60. The normalized spacial score (nSPS) is 15.9. The second-order valence-corrected chi connectivity index (χ2v) is 15.3. The van der Waals surface area contributed by atoms with Gasteiger partial charge in [-0.1, -0.05) is 89.6 Å². The number of rotatable bonds is 17. The number of halogens is 1. The van der Waals surface area contributed by atoms with Gasteiger partial charge in [0.15, 0.2) is 0 Å². The van der Waals surface area contributed by atoms with E-state index in [-0.39, 0.29) is 31.5 Å². The standard InChI is InChI=1S/C41H56FN7O6/c1-8-27(2)35(49-22-21-47(40(49)54)25-32-16-12-13-28(3)43-32)37(51)44-33(23-29-14-10-9-11-15-29)34(50)26-48(24-30-17-19-31(42)20-18-30)46-38(52)36(41(4,5)6)45-39(53)55-7/h9-20,27,33-36,50H,8,21-26H2,1-7H3,(H,44,51)(H,45,53)(H,46,52)/t27-,33-,34-,35-,36+/m0/s1. The number of hydrazine groups is 1. The topological polar surface area (TPSA) is 156 Å². The van der Waals surface area contributed by atoms with Gasteiger partial charge in [-0.3, -0.25) is 20.0 Å². The van der Waals surface area contributed by atoms with E-state index in [0.717, 1.165) is 17.0 Å². The fourth-order valence-electron chi connectivity index (χ4n) is 6.62. The Morgan fingerprint density at radius 1 is 0.964 bits per heavy atom. The molecule has 0 bridgehead atoms. The first kappa shape index (κ1) is 42.7. The number of carbonyl (C=O) groups is 4. The van der Waals surface area contributed by atoms with Crippen molar-refractivity contribution in [3.05, 3.63) is 101 Å². The van der Waals surface area contributed by atoms with Crippen molar-refractivity contribution in [2.75, 3.05) is 26.7 Å². The maximum absolute atomic E-state index is 14.4. The lowest BCUT2D eigenvalue weighted by atomic mass is 9.86. The molecule has 298 valence electrons. The van der Waals surface area contributed by atoms with E-state index in [2.05, 4.69) is 21.0 Å². The quantitative estimate of drug-likeness (QED) is 0.146. The third kappa shape index (κ3) is 12.2. The summed E-state index contributed by atoms with van der Waals surface area (Å²) in [6.45, 7) is 12.2. The zero-order valence-corrected chi connectivity index (χ0v) is 32.9. The number of hydrogen-bond donors (Lipinski definition) is 4. The third-order valence-electron chi connectivity index (χ3n) is 9.84. The number of urea groups is 1. The number of aryl methyl sites for hydroxylation is 1. The fourth-order valence-corrected chi connectivity index (χ4v) is 6.62. The minimum atomic E-state index is -1.25. The molecule has 0 saturated carbocycles. The van der Waals surface area contributed by atoms with Crippen molar-refractivity contribution in [3.63, 3.8) is 0 Å². The molecule has 0 aliphatic carbocycles. The van der Waals surface area contributed by atoms with Crippen LogP contribution in [-0.2, 0) is 33.8 Å². The maximum atomic E-state index is 14.4. The van der Waals surface area contributed by atoms with Gasteiger partial charge >= 0.3 is 12.1 Å².